The van der Waals surface area contributed by atoms with Gasteiger partial charge in [-0.05, 0) is 83.5 Å². The average Bonchev–Trinajstić information content (AvgIpc) is 3.00. The molecule has 0 amide bonds. The molecule has 7 nitrogen and oxygen atoms in total. The largest absolute Gasteiger partial charge is 0.550 e. The Kier molecular flexibility index (Phi) is 30.7. The molecule has 0 unspecified atom stereocenters. The predicted octanol–water partition coefficient (Wildman–Crippen LogP) is 9.22. The molecular formula is C38H71NO6. The number of quaternary nitrogens is 1. The molecule has 45 heavy (non-hydrogen) atoms. The molecule has 0 bridgehead atoms. The molecule has 0 fully saturated rings. The second-order valence-electron chi connectivity index (χ2n) is 13.5. The number of unbranched alkanes of at least 4 members (excludes halogenated alkanes) is 20. The number of allylic oxidation sites excluding steroid dienone is 2. The highest BCUT2D eigenvalue weighted by atomic mass is 16.4. The number of carboxylic acids is 3. The zero-order valence-electron chi connectivity index (χ0n) is 29.3. The van der Waals surface area contributed by atoms with Gasteiger partial charge in [-0.25, -0.2) is 0 Å². The fraction of sp³-hybridized carbons (Fsp3) is 0.868. The molecule has 0 radical (unpaired) electrons. The molecule has 0 spiro atoms. The highest BCUT2D eigenvalue weighted by Gasteiger charge is 2.26. The van der Waals surface area contributed by atoms with Crippen molar-refractivity contribution in [3.05, 3.63) is 12.2 Å². The third-order valence-corrected chi connectivity index (χ3v) is 9.20. The molecule has 0 aliphatic heterocycles. The fourth-order valence-electron chi connectivity index (χ4n) is 6.41. The van der Waals surface area contributed by atoms with Crippen LogP contribution in [0.1, 0.15) is 187 Å². The van der Waals surface area contributed by atoms with Crippen molar-refractivity contribution in [2.24, 2.45) is 0 Å². The van der Waals surface area contributed by atoms with Gasteiger partial charge >= 0.3 is 11.9 Å². The van der Waals surface area contributed by atoms with E-state index in [0.717, 1.165) is 56.3 Å². The standard InChI is InChI=1S/C38H71NO6/c1-2-3-4-5-6-7-8-9-10-11-12-13-14-15-16-17-18-19-20-21-25-32-39(33-26-22-29-36(40)41,34-27-23-30-37(42)43)35-28-24-31-38(44)45/h12-13H,2-11,14-35H2,1H3,(H2-,40,41,42,43,44,45)/b13-12+. The Bertz CT molecular complexity index is 683. The summed E-state index contributed by atoms with van der Waals surface area (Å²) in [6.07, 6.45) is 34.3. The van der Waals surface area contributed by atoms with Gasteiger partial charge in [0.15, 0.2) is 0 Å². The molecule has 0 saturated heterocycles. The summed E-state index contributed by atoms with van der Waals surface area (Å²) >= 11 is 0. The Labute approximate surface area is 276 Å². The number of nitrogens with zero attached hydrogens (tertiary/aromatic N) is 1. The maximum absolute atomic E-state index is 11.0. The minimum absolute atomic E-state index is 0.0632. The van der Waals surface area contributed by atoms with Crippen molar-refractivity contribution in [2.45, 2.75) is 187 Å². The van der Waals surface area contributed by atoms with Crippen LogP contribution in [0.3, 0.4) is 0 Å². The lowest BCUT2D eigenvalue weighted by Crippen LogP contribution is -2.51. The summed E-state index contributed by atoms with van der Waals surface area (Å²) in [5.74, 6) is -2.56. The highest BCUT2D eigenvalue weighted by molar-refractivity contribution is 5.66. The summed E-state index contributed by atoms with van der Waals surface area (Å²) < 4.78 is 0.846. The van der Waals surface area contributed by atoms with Gasteiger partial charge in [-0.3, -0.25) is 9.59 Å². The first-order valence-corrected chi connectivity index (χ1v) is 18.9. The van der Waals surface area contributed by atoms with Crippen molar-refractivity contribution < 1.29 is 34.2 Å². The van der Waals surface area contributed by atoms with Gasteiger partial charge in [0.25, 0.3) is 0 Å². The number of rotatable bonds is 36. The molecule has 0 aliphatic rings. The van der Waals surface area contributed by atoms with Crippen molar-refractivity contribution in [1.29, 1.82) is 0 Å². The van der Waals surface area contributed by atoms with Gasteiger partial charge in [0.05, 0.1) is 26.2 Å². The van der Waals surface area contributed by atoms with Crippen LogP contribution in [-0.4, -0.2) is 58.8 Å². The summed E-state index contributed by atoms with van der Waals surface area (Å²) in [6.45, 7) is 5.88. The van der Waals surface area contributed by atoms with Crippen molar-refractivity contribution in [3.63, 3.8) is 0 Å². The molecule has 0 rings (SSSR count). The quantitative estimate of drug-likeness (QED) is 0.0402. The van der Waals surface area contributed by atoms with Crippen molar-refractivity contribution in [3.8, 4) is 0 Å². The van der Waals surface area contributed by atoms with Gasteiger partial charge in [-0.15, -0.1) is 0 Å². The molecule has 264 valence electrons. The maximum Gasteiger partial charge on any atom is 0.303 e. The van der Waals surface area contributed by atoms with Gasteiger partial charge in [0.1, 0.15) is 0 Å². The van der Waals surface area contributed by atoms with E-state index in [-0.39, 0.29) is 19.3 Å². The van der Waals surface area contributed by atoms with Crippen LogP contribution >= 0.6 is 0 Å². The minimum Gasteiger partial charge on any atom is -0.550 e. The molecular weight excluding hydrogens is 566 g/mol. The number of carbonyl (C=O) groups is 3. The van der Waals surface area contributed by atoms with Crippen molar-refractivity contribution in [1.82, 2.24) is 0 Å². The summed E-state index contributed by atoms with van der Waals surface area (Å²) in [4.78, 5) is 33.0. The number of aliphatic carboxylic acids is 3. The molecule has 0 atom stereocenters. The lowest BCUT2D eigenvalue weighted by atomic mass is 10.0. The Morgan fingerprint density at radius 3 is 1.13 bits per heavy atom. The lowest BCUT2D eigenvalue weighted by Gasteiger charge is -2.39. The van der Waals surface area contributed by atoms with Crippen molar-refractivity contribution >= 4 is 17.9 Å². The zero-order chi connectivity index (χ0) is 33.3. The van der Waals surface area contributed by atoms with Crippen LogP contribution in [0.25, 0.3) is 0 Å². The normalized spacial score (nSPS) is 11.8. The topological polar surface area (TPSA) is 115 Å². The molecule has 0 aromatic carbocycles. The molecule has 7 heteroatoms. The van der Waals surface area contributed by atoms with E-state index in [1.54, 1.807) is 0 Å². The average molecular weight is 638 g/mol. The van der Waals surface area contributed by atoms with Crippen LogP contribution in [0, 0.1) is 0 Å². The van der Waals surface area contributed by atoms with Gasteiger partial charge in [-0.1, -0.05) is 103 Å². The van der Waals surface area contributed by atoms with E-state index in [4.69, 9.17) is 10.2 Å². The summed E-state index contributed by atoms with van der Waals surface area (Å²) in [5, 5.41) is 29.0. The maximum atomic E-state index is 11.0. The van der Waals surface area contributed by atoms with E-state index >= 15 is 0 Å². The second kappa shape index (κ2) is 32.1. The smallest absolute Gasteiger partial charge is 0.303 e. The molecule has 0 heterocycles. The van der Waals surface area contributed by atoms with Crippen molar-refractivity contribution in [2.75, 3.05) is 26.2 Å². The number of hydrogen-bond acceptors (Lipinski definition) is 4. The van der Waals surface area contributed by atoms with Crippen LogP contribution < -0.4 is 5.11 Å². The first kappa shape index (κ1) is 43.1. The fourth-order valence-corrected chi connectivity index (χ4v) is 6.41. The summed E-state index contributed by atoms with van der Waals surface area (Å²) in [7, 11) is 0. The van der Waals surface area contributed by atoms with E-state index < -0.39 is 17.9 Å². The molecule has 0 aromatic rings. The lowest BCUT2D eigenvalue weighted by molar-refractivity contribution is -0.929. The summed E-state index contributed by atoms with van der Waals surface area (Å²) in [6, 6.07) is 0. The van der Waals surface area contributed by atoms with Gasteiger partial charge in [0, 0.05) is 18.8 Å². The van der Waals surface area contributed by atoms with Crippen LogP contribution in [0.15, 0.2) is 12.2 Å². The van der Waals surface area contributed by atoms with Crippen LogP contribution in [0.4, 0.5) is 0 Å². The van der Waals surface area contributed by atoms with E-state index in [9.17, 15) is 19.5 Å². The van der Waals surface area contributed by atoms with Crippen LogP contribution in [0.5, 0.6) is 0 Å². The number of carbonyl (C=O) groups excluding carboxylic acids is 1. The molecule has 0 aromatic heterocycles. The number of carboxylic acid groups (broad SMARTS) is 3. The second-order valence-corrected chi connectivity index (χ2v) is 13.5. The van der Waals surface area contributed by atoms with E-state index in [1.807, 2.05) is 0 Å². The predicted molar refractivity (Wildman–Crippen MR) is 184 cm³/mol. The molecule has 0 saturated carbocycles. The SMILES string of the molecule is CCCCCCCCCCC/C=C/CCCCCCCCCC[N+](CCCCC(=O)[O-])(CCCCC(=O)O)CCCCC(=O)O. The molecule has 2 N–H and O–H groups in total. The van der Waals surface area contributed by atoms with E-state index in [0.29, 0.717) is 19.3 Å². The van der Waals surface area contributed by atoms with Crippen LogP contribution in [-0.2, 0) is 14.4 Å². The molecule has 0 aliphatic carbocycles. The highest BCUT2D eigenvalue weighted by Crippen LogP contribution is 2.20. The van der Waals surface area contributed by atoms with E-state index in [2.05, 4.69) is 19.1 Å². The monoisotopic (exact) mass is 638 g/mol. The first-order chi connectivity index (χ1) is 21.8. The minimum atomic E-state index is -1.02. The van der Waals surface area contributed by atoms with Gasteiger partial charge in [-0.2, -0.15) is 0 Å². The summed E-state index contributed by atoms with van der Waals surface area (Å²) in [5.41, 5.74) is 0. The third-order valence-electron chi connectivity index (χ3n) is 9.20. The first-order valence-electron chi connectivity index (χ1n) is 18.9. The Morgan fingerprint density at radius 1 is 0.467 bits per heavy atom. The Morgan fingerprint density at radius 2 is 0.778 bits per heavy atom. The number of hydrogen-bond donors (Lipinski definition) is 2. The van der Waals surface area contributed by atoms with E-state index in [1.165, 1.54) is 116 Å². The van der Waals surface area contributed by atoms with Gasteiger partial charge < -0.3 is 24.6 Å². The third kappa shape index (κ3) is 31.9. The van der Waals surface area contributed by atoms with Crippen LogP contribution in [0.2, 0.25) is 0 Å². The zero-order valence-corrected chi connectivity index (χ0v) is 29.3. The Balaban J connectivity index is 4.22. The van der Waals surface area contributed by atoms with Gasteiger partial charge in [0.2, 0.25) is 0 Å². The Hall–Kier alpha value is -1.89.